The van der Waals surface area contributed by atoms with Gasteiger partial charge < -0.3 is 4.74 Å². The van der Waals surface area contributed by atoms with Gasteiger partial charge in [-0.25, -0.2) is 4.99 Å². The first-order chi connectivity index (χ1) is 21.4. The second kappa shape index (κ2) is 11.8. The first-order valence-corrected chi connectivity index (χ1v) is 16.3. The number of nitrogens with zero attached hydrogens (tertiary/aromatic N) is 3. The number of hydrogen-bond donors (Lipinski definition) is 0. The second-order valence-corrected chi connectivity index (χ2v) is 13.3. The lowest BCUT2D eigenvalue weighted by molar-refractivity contribution is -0.384. The number of aromatic nitrogens is 1. The fraction of sp³-hybridized carbons (Fsp3) is 0.118. The van der Waals surface area contributed by atoms with Gasteiger partial charge in [0.25, 0.3) is 11.2 Å². The normalized spacial score (nSPS) is 15.7. The summed E-state index contributed by atoms with van der Waals surface area (Å²) in [7, 11) is 0. The van der Waals surface area contributed by atoms with Crippen LogP contribution in [0.4, 0.5) is 5.69 Å². The molecule has 0 unspecified atom stereocenters. The van der Waals surface area contributed by atoms with Gasteiger partial charge in [0.1, 0.15) is 12.4 Å². The van der Waals surface area contributed by atoms with Gasteiger partial charge in [0.05, 0.1) is 30.1 Å². The fourth-order valence-electron chi connectivity index (χ4n) is 5.78. The second-order valence-electron chi connectivity index (χ2n) is 10.6. The highest BCUT2D eigenvalue weighted by Gasteiger charge is 2.32. The van der Waals surface area contributed by atoms with Crippen LogP contribution in [0.2, 0.25) is 0 Å². The molecule has 1 aliphatic carbocycles. The van der Waals surface area contributed by atoms with Crippen molar-refractivity contribution in [3.63, 3.8) is 0 Å². The van der Waals surface area contributed by atoms with E-state index < -0.39 is 4.92 Å². The first kappa shape index (κ1) is 28.6. The summed E-state index contributed by atoms with van der Waals surface area (Å²) in [6.07, 6.45) is 3.65. The Balaban J connectivity index is 1.26. The molecule has 0 spiro atoms. The minimum Gasteiger partial charge on any atom is -0.487 e. The van der Waals surface area contributed by atoms with Crippen LogP contribution in [-0.4, -0.2) is 9.49 Å². The Kier molecular flexibility index (Phi) is 7.65. The molecule has 1 aliphatic heterocycles. The van der Waals surface area contributed by atoms with Crippen LogP contribution in [0.15, 0.2) is 115 Å². The molecule has 2 aliphatic rings. The number of benzene rings is 4. The van der Waals surface area contributed by atoms with Gasteiger partial charge in [0.15, 0.2) is 4.80 Å². The highest BCUT2D eigenvalue weighted by Crippen LogP contribution is 2.41. The van der Waals surface area contributed by atoms with Crippen molar-refractivity contribution in [2.24, 2.45) is 4.99 Å². The van der Waals surface area contributed by atoms with Crippen molar-refractivity contribution in [3.05, 3.63) is 163 Å². The van der Waals surface area contributed by atoms with Gasteiger partial charge in [-0.1, -0.05) is 65.9 Å². The number of non-ortho nitro benzene ring substituents is 1. The molecule has 2 heterocycles. The van der Waals surface area contributed by atoms with Crippen LogP contribution < -0.4 is 19.6 Å². The Bertz CT molecular complexity index is 2130. The topological polar surface area (TPSA) is 86.7 Å². The van der Waals surface area contributed by atoms with Gasteiger partial charge in [-0.3, -0.25) is 19.5 Å². The molecule has 44 heavy (non-hydrogen) atoms. The summed E-state index contributed by atoms with van der Waals surface area (Å²) in [6.45, 7) is 0.237. The van der Waals surface area contributed by atoms with E-state index >= 15 is 0 Å². The number of thiazole rings is 1. The Morgan fingerprint density at radius 3 is 2.41 bits per heavy atom. The van der Waals surface area contributed by atoms with E-state index in [4.69, 9.17) is 9.73 Å². The SMILES string of the molecule is O=c1/c(=C/c2cc(Br)c(OCc3ccc([N+](=O)[O-])cc3)c(Br)c2)sc2n1[C@@H](c1ccccc1)C1=C(N=2)c2ccccc2CC1. The Morgan fingerprint density at radius 2 is 1.68 bits per heavy atom. The van der Waals surface area contributed by atoms with Gasteiger partial charge in [-0.05, 0) is 103 Å². The molecule has 4 aromatic carbocycles. The highest BCUT2D eigenvalue weighted by atomic mass is 79.9. The molecule has 218 valence electrons. The number of nitro benzene ring substituents is 1. The summed E-state index contributed by atoms with van der Waals surface area (Å²) in [5.41, 5.74) is 7.24. The van der Waals surface area contributed by atoms with Crippen molar-refractivity contribution in [1.82, 2.24) is 4.57 Å². The van der Waals surface area contributed by atoms with Gasteiger partial charge in [0, 0.05) is 17.7 Å². The maximum Gasteiger partial charge on any atom is 0.271 e. The molecular weight excluding hydrogens is 706 g/mol. The minimum atomic E-state index is -0.428. The molecule has 0 radical (unpaired) electrons. The minimum absolute atomic E-state index is 0.0332. The van der Waals surface area contributed by atoms with E-state index in [2.05, 4.69) is 62.2 Å². The van der Waals surface area contributed by atoms with Crippen LogP contribution in [-0.2, 0) is 13.0 Å². The van der Waals surface area contributed by atoms with Crippen molar-refractivity contribution in [3.8, 4) is 5.75 Å². The maximum atomic E-state index is 14.1. The van der Waals surface area contributed by atoms with E-state index in [1.165, 1.54) is 34.6 Å². The van der Waals surface area contributed by atoms with Crippen LogP contribution in [0.3, 0.4) is 0 Å². The van der Waals surface area contributed by atoms with Crippen LogP contribution >= 0.6 is 43.2 Å². The number of hydrogen-bond acceptors (Lipinski definition) is 6. The Hall–Kier alpha value is -4.12. The highest BCUT2D eigenvalue weighted by molar-refractivity contribution is 9.11. The molecule has 10 heteroatoms. The van der Waals surface area contributed by atoms with E-state index in [-0.39, 0.29) is 23.9 Å². The third-order valence-electron chi connectivity index (χ3n) is 7.84. The third-order valence-corrected chi connectivity index (χ3v) is 10.00. The average Bonchev–Trinajstić information content (AvgIpc) is 3.34. The predicted molar refractivity (Wildman–Crippen MR) is 178 cm³/mol. The van der Waals surface area contributed by atoms with Crippen LogP contribution in [0.5, 0.6) is 5.75 Å². The molecule has 0 amide bonds. The molecule has 0 bridgehead atoms. The number of rotatable bonds is 6. The average molecular weight is 729 g/mol. The van der Waals surface area contributed by atoms with E-state index in [1.54, 1.807) is 12.1 Å². The Morgan fingerprint density at radius 1 is 0.977 bits per heavy atom. The standard InChI is InChI=1S/C34H23Br2N3O4S/c35-27-16-21(17-28(36)32(27)43-19-20-10-13-24(14-11-20)39(41)42)18-29-33(40)38-31(23-7-2-1-3-8-23)26-15-12-22-6-4-5-9-25(22)30(26)37-34(38)44-29/h1-11,13-14,16-18,31H,12,15,19H2/b29-18-/t31-/m0/s1. The molecule has 7 nitrogen and oxygen atoms in total. The molecule has 1 aromatic heterocycles. The predicted octanol–water partition coefficient (Wildman–Crippen LogP) is 7.33. The zero-order valence-corrected chi connectivity index (χ0v) is 27.1. The van der Waals surface area contributed by atoms with E-state index in [0.717, 1.165) is 40.8 Å². The maximum absolute atomic E-state index is 14.1. The lowest BCUT2D eigenvalue weighted by Gasteiger charge is -2.30. The van der Waals surface area contributed by atoms with Gasteiger partial charge in [-0.2, -0.15) is 0 Å². The van der Waals surface area contributed by atoms with Crippen LogP contribution in [0.1, 0.15) is 40.3 Å². The Labute approximate surface area is 272 Å². The van der Waals surface area contributed by atoms with Gasteiger partial charge >= 0.3 is 0 Å². The fourth-order valence-corrected chi connectivity index (χ4v) is 8.23. The van der Waals surface area contributed by atoms with Crippen LogP contribution in [0.25, 0.3) is 11.8 Å². The monoisotopic (exact) mass is 727 g/mol. The molecule has 5 aromatic rings. The zero-order valence-electron chi connectivity index (χ0n) is 23.1. The number of ether oxygens (including phenoxy) is 1. The van der Waals surface area contributed by atoms with Gasteiger partial charge in [0.2, 0.25) is 0 Å². The summed E-state index contributed by atoms with van der Waals surface area (Å²) < 4.78 is 9.90. The number of nitro groups is 1. The number of fused-ring (bicyclic) bond motifs is 3. The lowest BCUT2D eigenvalue weighted by Crippen LogP contribution is -2.38. The molecule has 0 N–H and O–H groups in total. The number of allylic oxidation sites excluding steroid dienone is 1. The quantitative estimate of drug-likeness (QED) is 0.135. The van der Waals surface area contributed by atoms with Crippen LogP contribution in [0, 0.1) is 10.1 Å². The van der Waals surface area contributed by atoms with Crippen molar-refractivity contribution in [2.45, 2.75) is 25.5 Å². The molecular formula is C34H23Br2N3O4S. The van der Waals surface area contributed by atoms with E-state index in [0.29, 0.717) is 24.0 Å². The van der Waals surface area contributed by atoms with Crippen molar-refractivity contribution in [2.75, 3.05) is 0 Å². The summed E-state index contributed by atoms with van der Waals surface area (Å²) in [5, 5.41) is 10.9. The van der Waals surface area contributed by atoms with E-state index in [9.17, 15) is 14.9 Å². The summed E-state index contributed by atoms with van der Waals surface area (Å²) in [6, 6.07) is 28.5. The number of aryl methyl sites for hydroxylation is 1. The smallest absolute Gasteiger partial charge is 0.271 e. The third kappa shape index (κ3) is 5.27. The zero-order chi connectivity index (χ0) is 30.4. The summed E-state index contributed by atoms with van der Waals surface area (Å²) in [5.74, 6) is 0.595. The molecule has 0 saturated carbocycles. The lowest BCUT2D eigenvalue weighted by atomic mass is 9.83. The van der Waals surface area contributed by atoms with Crippen molar-refractivity contribution in [1.29, 1.82) is 0 Å². The summed E-state index contributed by atoms with van der Waals surface area (Å²) >= 11 is 8.63. The summed E-state index contributed by atoms with van der Waals surface area (Å²) in [4.78, 5) is 30.3. The first-order valence-electron chi connectivity index (χ1n) is 13.9. The van der Waals surface area contributed by atoms with Crippen molar-refractivity contribution >= 4 is 60.7 Å². The number of halogens is 2. The molecule has 7 rings (SSSR count). The van der Waals surface area contributed by atoms with Crippen molar-refractivity contribution < 1.29 is 9.66 Å². The molecule has 1 atom stereocenters. The molecule has 0 fully saturated rings. The molecule has 0 saturated heterocycles. The largest absolute Gasteiger partial charge is 0.487 e. The van der Waals surface area contributed by atoms with Gasteiger partial charge in [-0.15, -0.1) is 0 Å². The van der Waals surface area contributed by atoms with E-state index in [1.807, 2.05) is 47.0 Å².